The van der Waals surface area contributed by atoms with Crippen LogP contribution in [-0.4, -0.2) is 25.4 Å². The molecule has 0 saturated carbocycles. The van der Waals surface area contributed by atoms with Crippen LogP contribution in [-0.2, 0) is 9.47 Å². The highest BCUT2D eigenvalue weighted by Crippen LogP contribution is 2.27. The molecule has 57 valence electrons. The number of ether oxygens (including phenoxy) is 2. The van der Waals surface area contributed by atoms with E-state index < -0.39 is 0 Å². The molecular weight excluding hydrogens is 128 g/mol. The van der Waals surface area contributed by atoms with E-state index in [1.54, 1.807) is 0 Å². The van der Waals surface area contributed by atoms with Crippen LogP contribution in [0.3, 0.4) is 0 Å². The normalized spacial score (nSPS) is 36.6. The van der Waals surface area contributed by atoms with Gasteiger partial charge < -0.3 is 9.47 Å². The van der Waals surface area contributed by atoms with Gasteiger partial charge >= 0.3 is 0 Å². The van der Waals surface area contributed by atoms with E-state index in [9.17, 15) is 0 Å². The third-order valence-corrected chi connectivity index (χ3v) is 1.96. The van der Waals surface area contributed by atoms with E-state index in [1.165, 1.54) is 5.92 Å². The van der Waals surface area contributed by atoms with Crippen molar-refractivity contribution in [2.24, 2.45) is 0 Å². The second-order valence-electron chi connectivity index (χ2n) is 3.28. The van der Waals surface area contributed by atoms with Gasteiger partial charge in [-0.15, -0.1) is 0 Å². The molecule has 0 N–H and O–H groups in total. The molecule has 2 aliphatic heterocycles. The summed E-state index contributed by atoms with van der Waals surface area (Å²) in [5, 5.41) is 0. The van der Waals surface area contributed by atoms with E-state index in [4.69, 9.17) is 9.47 Å². The number of hydrogen-bond donors (Lipinski definition) is 0. The molecular formula is C8H13O2. The Hall–Kier alpha value is -0.0800. The van der Waals surface area contributed by atoms with Crippen molar-refractivity contribution in [3.05, 3.63) is 5.92 Å². The quantitative estimate of drug-likeness (QED) is 0.549. The zero-order valence-electron chi connectivity index (χ0n) is 6.30. The SMILES string of the molecule is C[C](CC1CO1)CC1CO1. The molecule has 2 heterocycles. The molecule has 0 aromatic rings. The van der Waals surface area contributed by atoms with Gasteiger partial charge in [-0.1, -0.05) is 6.92 Å². The average molecular weight is 141 g/mol. The molecule has 2 atom stereocenters. The Balaban J connectivity index is 1.60. The van der Waals surface area contributed by atoms with E-state index in [0.717, 1.165) is 26.1 Å². The first-order chi connectivity index (χ1) is 4.84. The lowest BCUT2D eigenvalue weighted by Crippen LogP contribution is -2.00. The van der Waals surface area contributed by atoms with Gasteiger partial charge in [0.1, 0.15) is 0 Å². The van der Waals surface area contributed by atoms with Crippen LogP contribution >= 0.6 is 0 Å². The maximum atomic E-state index is 5.12. The monoisotopic (exact) mass is 141 g/mol. The maximum Gasteiger partial charge on any atom is 0.0815 e. The van der Waals surface area contributed by atoms with Crippen LogP contribution in [0.2, 0.25) is 0 Å². The first-order valence-electron chi connectivity index (χ1n) is 3.89. The summed E-state index contributed by atoms with van der Waals surface area (Å²) < 4.78 is 10.2. The summed E-state index contributed by atoms with van der Waals surface area (Å²) >= 11 is 0. The van der Waals surface area contributed by atoms with Crippen molar-refractivity contribution in [1.29, 1.82) is 0 Å². The summed E-state index contributed by atoms with van der Waals surface area (Å²) in [5.74, 6) is 1.53. The minimum atomic E-state index is 0.554. The Kier molecular flexibility index (Phi) is 1.66. The third-order valence-electron chi connectivity index (χ3n) is 1.96. The van der Waals surface area contributed by atoms with E-state index >= 15 is 0 Å². The average Bonchev–Trinajstić information content (AvgIpc) is 2.59. The molecule has 2 aliphatic rings. The Morgan fingerprint density at radius 3 is 1.90 bits per heavy atom. The van der Waals surface area contributed by atoms with E-state index in [2.05, 4.69) is 6.92 Å². The van der Waals surface area contributed by atoms with Crippen LogP contribution in [0.5, 0.6) is 0 Å². The van der Waals surface area contributed by atoms with Crippen molar-refractivity contribution in [3.8, 4) is 0 Å². The maximum absolute atomic E-state index is 5.12. The van der Waals surface area contributed by atoms with E-state index in [-0.39, 0.29) is 0 Å². The van der Waals surface area contributed by atoms with Crippen LogP contribution in [0.15, 0.2) is 0 Å². The second-order valence-corrected chi connectivity index (χ2v) is 3.28. The molecule has 0 bridgehead atoms. The van der Waals surface area contributed by atoms with Crippen LogP contribution < -0.4 is 0 Å². The van der Waals surface area contributed by atoms with Crippen molar-refractivity contribution >= 4 is 0 Å². The minimum absolute atomic E-state index is 0.554. The summed E-state index contributed by atoms with van der Waals surface area (Å²) in [6, 6.07) is 0. The highest BCUT2D eigenvalue weighted by molar-refractivity contribution is 4.95. The summed E-state index contributed by atoms with van der Waals surface area (Å²) in [4.78, 5) is 0. The number of rotatable bonds is 4. The van der Waals surface area contributed by atoms with E-state index in [1.807, 2.05) is 0 Å². The predicted octanol–water partition coefficient (Wildman–Crippen LogP) is 1.16. The zero-order chi connectivity index (χ0) is 6.97. The molecule has 0 spiro atoms. The van der Waals surface area contributed by atoms with Crippen LogP contribution in [0.1, 0.15) is 19.8 Å². The Labute approximate surface area is 61.5 Å². The van der Waals surface area contributed by atoms with Crippen molar-refractivity contribution in [3.63, 3.8) is 0 Å². The Morgan fingerprint density at radius 1 is 1.20 bits per heavy atom. The molecule has 0 aromatic heterocycles. The standard InChI is InChI=1S/C8H13O2/c1-6(2-7-4-9-7)3-8-5-10-8/h7-8H,2-5H2,1H3. The highest BCUT2D eigenvalue weighted by atomic mass is 16.6. The van der Waals surface area contributed by atoms with Gasteiger partial charge in [-0.05, 0) is 18.8 Å². The van der Waals surface area contributed by atoms with Gasteiger partial charge in [0.2, 0.25) is 0 Å². The Morgan fingerprint density at radius 2 is 1.60 bits per heavy atom. The lowest BCUT2D eigenvalue weighted by atomic mass is 10.0. The number of hydrogen-bond acceptors (Lipinski definition) is 2. The van der Waals surface area contributed by atoms with Gasteiger partial charge in [0, 0.05) is 0 Å². The molecule has 10 heavy (non-hydrogen) atoms. The second kappa shape index (κ2) is 2.51. The molecule has 2 fully saturated rings. The summed E-state index contributed by atoms with van der Waals surface area (Å²) in [6.45, 7) is 4.15. The fourth-order valence-electron chi connectivity index (χ4n) is 1.23. The fourth-order valence-corrected chi connectivity index (χ4v) is 1.23. The Bertz CT molecular complexity index is 102. The predicted molar refractivity (Wildman–Crippen MR) is 37.6 cm³/mol. The molecule has 2 rings (SSSR count). The minimum Gasteiger partial charge on any atom is -0.373 e. The van der Waals surface area contributed by atoms with Gasteiger partial charge in [0.15, 0.2) is 0 Å². The topological polar surface area (TPSA) is 25.1 Å². The highest BCUT2D eigenvalue weighted by Gasteiger charge is 2.29. The van der Waals surface area contributed by atoms with Gasteiger partial charge in [-0.2, -0.15) is 0 Å². The van der Waals surface area contributed by atoms with Crippen LogP contribution in [0, 0.1) is 5.92 Å². The molecule has 0 amide bonds. The molecule has 2 heteroatoms. The third kappa shape index (κ3) is 1.96. The largest absolute Gasteiger partial charge is 0.373 e. The molecule has 2 saturated heterocycles. The van der Waals surface area contributed by atoms with Gasteiger partial charge in [0.25, 0.3) is 0 Å². The van der Waals surface area contributed by atoms with Crippen molar-refractivity contribution in [2.45, 2.75) is 32.0 Å². The summed E-state index contributed by atoms with van der Waals surface area (Å²) in [7, 11) is 0. The summed E-state index contributed by atoms with van der Waals surface area (Å²) in [6.07, 6.45) is 3.41. The van der Waals surface area contributed by atoms with Gasteiger partial charge in [-0.3, -0.25) is 0 Å². The molecule has 2 nitrogen and oxygen atoms in total. The van der Waals surface area contributed by atoms with Gasteiger partial charge in [0.05, 0.1) is 25.4 Å². The molecule has 2 unspecified atom stereocenters. The first kappa shape index (κ1) is 6.62. The molecule has 0 aromatic carbocycles. The zero-order valence-corrected chi connectivity index (χ0v) is 6.30. The van der Waals surface area contributed by atoms with Crippen LogP contribution in [0.25, 0.3) is 0 Å². The smallest absolute Gasteiger partial charge is 0.0815 e. The van der Waals surface area contributed by atoms with E-state index in [0.29, 0.717) is 12.2 Å². The van der Waals surface area contributed by atoms with Crippen molar-refractivity contribution < 1.29 is 9.47 Å². The van der Waals surface area contributed by atoms with Crippen molar-refractivity contribution in [1.82, 2.24) is 0 Å². The lowest BCUT2D eigenvalue weighted by molar-refractivity contribution is 0.376. The van der Waals surface area contributed by atoms with Gasteiger partial charge in [-0.25, -0.2) is 0 Å². The molecule has 0 aliphatic carbocycles. The molecule has 1 radical (unpaired) electrons. The lowest BCUT2D eigenvalue weighted by Gasteiger charge is -2.04. The number of epoxide rings is 2. The first-order valence-corrected chi connectivity index (χ1v) is 3.89. The van der Waals surface area contributed by atoms with Crippen LogP contribution in [0.4, 0.5) is 0 Å². The summed E-state index contributed by atoms with van der Waals surface area (Å²) in [5.41, 5.74) is 0. The fraction of sp³-hybridized carbons (Fsp3) is 0.875. The van der Waals surface area contributed by atoms with Crippen molar-refractivity contribution in [2.75, 3.05) is 13.2 Å².